The van der Waals surface area contributed by atoms with E-state index in [0.29, 0.717) is 5.75 Å². The molecule has 3 atom stereocenters. The summed E-state index contributed by atoms with van der Waals surface area (Å²) in [5.74, 6) is -5.13. The van der Waals surface area contributed by atoms with Crippen LogP contribution in [0.2, 0.25) is 0 Å². The number of oxime groups is 1. The summed E-state index contributed by atoms with van der Waals surface area (Å²) >= 11 is 2.22. The fourth-order valence-electron chi connectivity index (χ4n) is 3.41. The van der Waals surface area contributed by atoms with Crippen LogP contribution in [0, 0.1) is 0 Å². The second-order valence-corrected chi connectivity index (χ2v) is 9.40. The van der Waals surface area contributed by atoms with Crippen LogP contribution in [0.4, 0.5) is 5.13 Å². The molecule has 3 unspecified atom stereocenters. The second kappa shape index (κ2) is 14.1. The lowest BCUT2D eigenvalue weighted by atomic mass is 10.0. The number of hydrogen-bond acceptors (Lipinski definition) is 12. The number of aliphatic carboxylic acids is 2. The molecule has 2 aliphatic rings. The maximum atomic E-state index is 13.1. The molecule has 0 bridgehead atoms. The van der Waals surface area contributed by atoms with Crippen molar-refractivity contribution in [1.29, 1.82) is 0 Å². The van der Waals surface area contributed by atoms with Gasteiger partial charge in [-0.2, -0.15) is 0 Å². The third-order valence-corrected chi connectivity index (χ3v) is 6.97. The smallest absolute Gasteiger partial charge is 0.352 e. The van der Waals surface area contributed by atoms with Crippen molar-refractivity contribution in [1.82, 2.24) is 15.2 Å². The molecule has 0 saturated carbocycles. The molecule has 1 aromatic heterocycles. The molecule has 0 aliphatic carbocycles. The Balaban J connectivity index is 0.00000380. The summed E-state index contributed by atoms with van der Waals surface area (Å²) in [5, 5.41) is 44.9. The zero-order chi connectivity index (χ0) is 26.1. The number of fused-ring (bicyclic) bond motifs is 1. The van der Waals surface area contributed by atoms with Crippen molar-refractivity contribution >= 4 is 57.7 Å². The van der Waals surface area contributed by atoms with Gasteiger partial charge in [0.1, 0.15) is 22.8 Å². The number of nitrogens with two attached hydrogens (primary N) is 1. The minimum absolute atomic E-state index is 0. The first-order valence-corrected chi connectivity index (χ1v) is 11.9. The zero-order valence-electron chi connectivity index (χ0n) is 19.9. The van der Waals surface area contributed by atoms with Crippen molar-refractivity contribution in [2.75, 3.05) is 11.5 Å². The number of benzene rings is 1. The number of carbonyl (C=O) groups excluding carboxylic acids is 2. The second-order valence-electron chi connectivity index (χ2n) is 7.36. The summed E-state index contributed by atoms with van der Waals surface area (Å²) in [5.41, 5.74) is 4.83. The Bertz CT molecular complexity index is 1330. The zero-order valence-corrected chi connectivity index (χ0v) is 21.5. The lowest BCUT2D eigenvalue weighted by molar-refractivity contribution is -0.151. The Hall–Kier alpha value is -4.47. The van der Waals surface area contributed by atoms with E-state index in [1.54, 1.807) is 0 Å². The maximum Gasteiger partial charge on any atom is 0.352 e. The lowest BCUT2D eigenvalue weighted by Gasteiger charge is -2.48. The third kappa shape index (κ3) is 6.74. The molecule has 0 spiro atoms. The Labute approximate surface area is 231 Å². The minimum atomic E-state index is -1.78. The predicted octanol–water partition coefficient (Wildman–Crippen LogP) is -3.25. The number of carbonyl (C=O) groups is 4. The van der Waals surface area contributed by atoms with E-state index in [-0.39, 0.29) is 44.0 Å². The van der Waals surface area contributed by atoms with Crippen LogP contribution in [0.25, 0.3) is 0 Å². The molecule has 15 N–H and O–H groups in total. The van der Waals surface area contributed by atoms with Gasteiger partial charge in [0.25, 0.3) is 11.8 Å². The summed E-state index contributed by atoms with van der Waals surface area (Å²) in [7, 11) is 0. The van der Waals surface area contributed by atoms with Gasteiger partial charge in [-0.1, -0.05) is 11.2 Å². The third-order valence-electron chi connectivity index (χ3n) is 5.11. The summed E-state index contributed by atoms with van der Waals surface area (Å²) in [6.45, 7) is 0. The molecular weight excluding hydrogens is 582 g/mol. The van der Waals surface area contributed by atoms with Crippen LogP contribution < -0.4 is 11.1 Å². The molecule has 0 radical (unpaired) electrons. The average molecular weight is 608 g/mol. The normalized spacial score (nSPS) is 18.0. The SMILES string of the molecule is Nc1nc(/C(=N\OC(C(=O)O)c2ccc(O)c(O)c2)C(=O)NC2C(=O)N3C(C(=O)O)=CCSC23)cs1.O.O.O.O. The van der Waals surface area contributed by atoms with E-state index in [0.717, 1.165) is 28.4 Å². The molecule has 1 aromatic carbocycles. The van der Waals surface area contributed by atoms with Crippen molar-refractivity contribution in [3.05, 3.63) is 46.6 Å². The minimum Gasteiger partial charge on any atom is -0.504 e. The van der Waals surface area contributed by atoms with Gasteiger partial charge in [0, 0.05) is 16.7 Å². The number of nitrogens with one attached hydrogen (secondary N) is 1. The van der Waals surface area contributed by atoms with Gasteiger partial charge in [0.05, 0.1) is 0 Å². The van der Waals surface area contributed by atoms with Crippen LogP contribution in [0.3, 0.4) is 0 Å². The Morgan fingerprint density at radius 1 is 1.15 bits per heavy atom. The first-order chi connectivity index (χ1) is 17.1. The van der Waals surface area contributed by atoms with Gasteiger partial charge in [-0.25, -0.2) is 14.6 Å². The molecule has 1 fully saturated rings. The van der Waals surface area contributed by atoms with Gasteiger partial charge in [-0.3, -0.25) is 14.5 Å². The number of β-lactam (4-membered cyclic amide) rings is 1. The number of phenols is 2. The van der Waals surface area contributed by atoms with E-state index in [1.807, 2.05) is 0 Å². The first-order valence-electron chi connectivity index (χ1n) is 9.97. The van der Waals surface area contributed by atoms with E-state index < -0.39 is 58.5 Å². The van der Waals surface area contributed by atoms with Crippen molar-refractivity contribution < 1.29 is 66.3 Å². The highest BCUT2D eigenvalue weighted by atomic mass is 32.2. The quantitative estimate of drug-likeness (QED) is 0.0745. The fraction of sp³-hybridized carbons (Fsp3) is 0.200. The van der Waals surface area contributed by atoms with E-state index in [9.17, 15) is 39.6 Å². The van der Waals surface area contributed by atoms with Gasteiger partial charge < -0.3 is 58.2 Å². The van der Waals surface area contributed by atoms with E-state index >= 15 is 0 Å². The lowest BCUT2D eigenvalue weighted by Crippen LogP contribution is -2.70. The number of aromatic hydroxyl groups is 2. The average Bonchev–Trinajstić information content (AvgIpc) is 3.26. The Morgan fingerprint density at radius 2 is 1.82 bits per heavy atom. The summed E-state index contributed by atoms with van der Waals surface area (Å²) in [6, 6.07) is 2.12. The number of thiazole rings is 1. The van der Waals surface area contributed by atoms with Crippen molar-refractivity contribution in [3.63, 3.8) is 0 Å². The summed E-state index contributed by atoms with van der Waals surface area (Å²) in [4.78, 5) is 58.9. The van der Waals surface area contributed by atoms with Crippen LogP contribution in [0.5, 0.6) is 11.5 Å². The molecule has 4 rings (SSSR count). The maximum absolute atomic E-state index is 13.1. The van der Waals surface area contributed by atoms with Crippen molar-refractivity contribution in [3.8, 4) is 11.5 Å². The van der Waals surface area contributed by atoms with Crippen LogP contribution in [-0.2, 0) is 24.0 Å². The number of amides is 2. The predicted molar refractivity (Wildman–Crippen MR) is 139 cm³/mol. The molecule has 2 aromatic rings. The number of anilines is 1. The van der Waals surface area contributed by atoms with Crippen LogP contribution >= 0.6 is 23.1 Å². The summed E-state index contributed by atoms with van der Waals surface area (Å²) < 4.78 is 0. The molecule has 20 heteroatoms. The standard InChI is InChI=1S/C20H17N5O9S2.4H2O/c21-20-22-8(6-36-20)12(24-34-14(19(32)33)7-1-2-10(26)11(27)5-7)15(28)23-13-16(29)25-9(18(30)31)3-4-35-17(13)25;;;;/h1-3,5-6,13-14,17,26-27H,4H2,(H2,21,22)(H,23,28)(H,30,31)(H,32,33);4*1H2/b24-12+;;;;. The van der Waals surface area contributed by atoms with Gasteiger partial charge in [-0.15, -0.1) is 23.1 Å². The molecule has 40 heavy (non-hydrogen) atoms. The highest BCUT2D eigenvalue weighted by Gasteiger charge is 2.53. The van der Waals surface area contributed by atoms with Gasteiger partial charge in [0.15, 0.2) is 22.3 Å². The van der Waals surface area contributed by atoms with Gasteiger partial charge >= 0.3 is 11.9 Å². The van der Waals surface area contributed by atoms with E-state index in [1.165, 1.54) is 29.3 Å². The fourth-order valence-corrected chi connectivity index (χ4v) is 5.15. The molecule has 1 saturated heterocycles. The van der Waals surface area contributed by atoms with Crippen molar-refractivity contribution in [2.24, 2.45) is 5.16 Å². The van der Waals surface area contributed by atoms with E-state index in [2.05, 4.69) is 15.5 Å². The van der Waals surface area contributed by atoms with E-state index in [4.69, 9.17) is 10.6 Å². The van der Waals surface area contributed by atoms with Crippen molar-refractivity contribution in [2.45, 2.75) is 17.5 Å². The molecule has 3 heterocycles. The van der Waals surface area contributed by atoms with Gasteiger partial charge in [0.2, 0.25) is 6.10 Å². The topological polar surface area (TPSA) is 351 Å². The number of rotatable bonds is 8. The molecule has 220 valence electrons. The van der Waals surface area contributed by atoms with Crippen LogP contribution in [0.1, 0.15) is 17.4 Å². The Kier molecular flexibility index (Phi) is 12.5. The highest BCUT2D eigenvalue weighted by molar-refractivity contribution is 8.00. The summed E-state index contributed by atoms with van der Waals surface area (Å²) in [6.07, 6.45) is -0.390. The highest BCUT2D eigenvalue weighted by Crippen LogP contribution is 2.37. The number of carboxylic acids is 2. The molecule has 2 amide bonds. The van der Waals surface area contributed by atoms with Gasteiger partial charge in [-0.05, 0) is 18.2 Å². The molecular formula is C20H25N5O13S2. The number of aromatic nitrogens is 1. The molecule has 18 nitrogen and oxygen atoms in total. The number of hydrogen-bond donors (Lipinski definition) is 6. The number of nitrogens with zero attached hydrogens (tertiary/aromatic N) is 3. The van der Waals surface area contributed by atoms with Crippen LogP contribution in [-0.4, -0.2) is 98.8 Å². The number of thioether (sulfide) groups is 1. The largest absolute Gasteiger partial charge is 0.504 e. The number of carboxylic acid groups (broad SMARTS) is 2. The molecule has 2 aliphatic heterocycles. The van der Waals surface area contributed by atoms with Crippen LogP contribution in [0.15, 0.2) is 40.5 Å². The number of phenolic OH excluding ortho intramolecular Hbond substituents is 2. The Morgan fingerprint density at radius 3 is 2.38 bits per heavy atom. The first kappa shape index (κ1) is 35.5. The number of nitrogen functional groups attached to an aromatic ring is 1. The monoisotopic (exact) mass is 607 g/mol.